The van der Waals surface area contributed by atoms with Crippen LogP contribution in [0.15, 0.2) is 30.3 Å². The van der Waals surface area contributed by atoms with Crippen molar-refractivity contribution in [1.29, 1.82) is 0 Å². The molecule has 0 fully saturated rings. The maximum atomic E-state index is 12.4. The number of pyridine rings is 1. The summed E-state index contributed by atoms with van der Waals surface area (Å²) in [6.45, 7) is 8.23. The van der Waals surface area contributed by atoms with Gasteiger partial charge >= 0.3 is 0 Å². The minimum atomic E-state index is -0.195. The van der Waals surface area contributed by atoms with Gasteiger partial charge in [0.05, 0.1) is 0 Å². The summed E-state index contributed by atoms with van der Waals surface area (Å²) in [6.07, 6.45) is 0. The second-order valence-corrected chi connectivity index (χ2v) is 6.28. The Hall–Kier alpha value is -2.14. The van der Waals surface area contributed by atoms with Crippen LogP contribution in [-0.4, -0.2) is 16.9 Å². The van der Waals surface area contributed by atoms with E-state index >= 15 is 0 Å². The van der Waals surface area contributed by atoms with E-state index in [1.165, 1.54) is 0 Å². The van der Waals surface area contributed by atoms with Gasteiger partial charge in [0.25, 0.3) is 5.91 Å². The summed E-state index contributed by atoms with van der Waals surface area (Å²) in [5.41, 5.74) is 2.90. The standard InChI is InChI=1S/C16H22N4O/c1-10(16(2,3)4)18-15(21)13-9-11-7-5-6-8-12(11)14(19-13)20-17/h5-10H,17H2,1-4H3,(H,18,21)(H,19,20). The van der Waals surface area contributed by atoms with Crippen LogP contribution in [0.2, 0.25) is 0 Å². The lowest BCUT2D eigenvalue weighted by atomic mass is 9.88. The van der Waals surface area contributed by atoms with Crippen molar-refractivity contribution in [3.05, 3.63) is 36.0 Å². The molecule has 21 heavy (non-hydrogen) atoms. The average Bonchev–Trinajstić information content (AvgIpc) is 2.44. The highest BCUT2D eigenvalue weighted by atomic mass is 16.1. The predicted octanol–water partition coefficient (Wildman–Crippen LogP) is 2.68. The van der Waals surface area contributed by atoms with Gasteiger partial charge < -0.3 is 10.7 Å². The van der Waals surface area contributed by atoms with Crippen molar-refractivity contribution in [2.75, 3.05) is 5.43 Å². The van der Waals surface area contributed by atoms with Crippen molar-refractivity contribution in [2.45, 2.75) is 33.7 Å². The van der Waals surface area contributed by atoms with E-state index in [4.69, 9.17) is 5.84 Å². The first-order valence-corrected chi connectivity index (χ1v) is 7.00. The van der Waals surface area contributed by atoms with Crippen LogP contribution in [0.5, 0.6) is 0 Å². The summed E-state index contributed by atoms with van der Waals surface area (Å²) in [6, 6.07) is 9.49. The normalized spacial score (nSPS) is 13.0. The van der Waals surface area contributed by atoms with E-state index in [9.17, 15) is 4.79 Å². The van der Waals surface area contributed by atoms with Crippen molar-refractivity contribution in [3.8, 4) is 0 Å². The minimum Gasteiger partial charge on any atom is -0.348 e. The summed E-state index contributed by atoms with van der Waals surface area (Å²) in [5.74, 6) is 5.82. The van der Waals surface area contributed by atoms with Gasteiger partial charge in [0, 0.05) is 11.4 Å². The maximum Gasteiger partial charge on any atom is 0.270 e. The van der Waals surface area contributed by atoms with Gasteiger partial charge in [0.1, 0.15) is 11.5 Å². The zero-order valence-corrected chi connectivity index (χ0v) is 12.9. The molecular weight excluding hydrogens is 264 g/mol. The third kappa shape index (κ3) is 3.31. The molecule has 1 aromatic heterocycles. The van der Waals surface area contributed by atoms with E-state index in [0.29, 0.717) is 11.5 Å². The van der Waals surface area contributed by atoms with Gasteiger partial charge in [0.15, 0.2) is 0 Å². The highest BCUT2D eigenvalue weighted by Gasteiger charge is 2.23. The van der Waals surface area contributed by atoms with Gasteiger partial charge in [-0.05, 0) is 23.8 Å². The fourth-order valence-corrected chi connectivity index (χ4v) is 1.91. The second-order valence-electron chi connectivity index (χ2n) is 6.28. The number of hydrogen-bond donors (Lipinski definition) is 3. The molecule has 1 aromatic carbocycles. The Labute approximate surface area is 124 Å². The predicted molar refractivity (Wildman–Crippen MR) is 85.9 cm³/mol. The number of aromatic nitrogens is 1. The van der Waals surface area contributed by atoms with Crippen LogP contribution in [0.1, 0.15) is 38.2 Å². The van der Waals surface area contributed by atoms with Crippen molar-refractivity contribution in [2.24, 2.45) is 11.3 Å². The molecule has 0 saturated carbocycles. The van der Waals surface area contributed by atoms with E-state index in [2.05, 4.69) is 36.5 Å². The Kier molecular flexibility index (Phi) is 4.14. The zero-order valence-electron chi connectivity index (χ0n) is 12.9. The number of hydrogen-bond acceptors (Lipinski definition) is 4. The first-order chi connectivity index (χ1) is 9.82. The van der Waals surface area contributed by atoms with E-state index in [1.807, 2.05) is 31.2 Å². The Morgan fingerprint density at radius 2 is 1.95 bits per heavy atom. The molecule has 5 heteroatoms. The average molecular weight is 286 g/mol. The highest BCUT2D eigenvalue weighted by molar-refractivity contribution is 6.00. The number of carbonyl (C=O) groups excluding carboxylic acids is 1. The van der Waals surface area contributed by atoms with Gasteiger partial charge in [-0.1, -0.05) is 45.0 Å². The molecule has 5 nitrogen and oxygen atoms in total. The lowest BCUT2D eigenvalue weighted by Crippen LogP contribution is -2.41. The van der Waals surface area contributed by atoms with E-state index in [-0.39, 0.29) is 17.4 Å². The summed E-state index contributed by atoms with van der Waals surface area (Å²) >= 11 is 0. The molecule has 0 aliphatic rings. The summed E-state index contributed by atoms with van der Waals surface area (Å²) in [7, 11) is 0. The molecule has 0 aliphatic heterocycles. The number of benzene rings is 1. The Balaban J connectivity index is 2.36. The fourth-order valence-electron chi connectivity index (χ4n) is 1.91. The van der Waals surface area contributed by atoms with Crippen molar-refractivity contribution < 1.29 is 4.79 Å². The monoisotopic (exact) mass is 286 g/mol. The minimum absolute atomic E-state index is 0.0124. The van der Waals surface area contributed by atoms with Crippen LogP contribution >= 0.6 is 0 Å². The molecule has 1 heterocycles. The SMILES string of the molecule is CC(NC(=O)c1cc2ccccc2c(NN)n1)C(C)(C)C. The molecule has 1 amide bonds. The molecule has 0 saturated heterocycles. The molecule has 1 unspecified atom stereocenters. The van der Waals surface area contributed by atoms with Crippen molar-refractivity contribution in [3.63, 3.8) is 0 Å². The molecule has 4 N–H and O–H groups in total. The number of hydrazine groups is 1. The van der Waals surface area contributed by atoms with Gasteiger partial charge in [-0.15, -0.1) is 0 Å². The van der Waals surface area contributed by atoms with Crippen LogP contribution in [-0.2, 0) is 0 Å². The first-order valence-electron chi connectivity index (χ1n) is 7.00. The van der Waals surface area contributed by atoms with Crippen LogP contribution in [0.3, 0.4) is 0 Å². The number of carbonyl (C=O) groups is 1. The van der Waals surface area contributed by atoms with E-state index < -0.39 is 0 Å². The topological polar surface area (TPSA) is 80.0 Å². The van der Waals surface area contributed by atoms with Crippen LogP contribution in [0.25, 0.3) is 10.8 Å². The summed E-state index contributed by atoms with van der Waals surface area (Å²) in [4.78, 5) is 16.7. The van der Waals surface area contributed by atoms with Crippen LogP contribution < -0.4 is 16.6 Å². The van der Waals surface area contributed by atoms with Gasteiger partial charge in [0.2, 0.25) is 0 Å². The number of fused-ring (bicyclic) bond motifs is 1. The van der Waals surface area contributed by atoms with Gasteiger partial charge in [-0.25, -0.2) is 10.8 Å². The second kappa shape index (κ2) is 5.69. The largest absolute Gasteiger partial charge is 0.348 e. The lowest BCUT2D eigenvalue weighted by molar-refractivity contribution is 0.0905. The van der Waals surface area contributed by atoms with Crippen molar-refractivity contribution >= 4 is 22.5 Å². The zero-order chi connectivity index (χ0) is 15.6. The number of nitrogens with two attached hydrogens (primary N) is 1. The quantitative estimate of drug-likeness (QED) is 0.598. The molecule has 0 bridgehead atoms. The number of nitrogens with one attached hydrogen (secondary N) is 2. The van der Waals surface area contributed by atoms with Crippen molar-refractivity contribution in [1.82, 2.24) is 10.3 Å². The lowest BCUT2D eigenvalue weighted by Gasteiger charge is -2.28. The summed E-state index contributed by atoms with van der Waals surface area (Å²) < 4.78 is 0. The van der Waals surface area contributed by atoms with Gasteiger partial charge in [-0.3, -0.25) is 4.79 Å². The maximum absolute atomic E-state index is 12.4. The number of amides is 1. The molecule has 0 spiro atoms. The first kappa shape index (κ1) is 15.3. The molecule has 1 atom stereocenters. The number of nitrogens with zero attached hydrogens (tertiary/aromatic N) is 1. The van der Waals surface area contributed by atoms with E-state index in [0.717, 1.165) is 10.8 Å². The Morgan fingerprint density at radius 1 is 1.29 bits per heavy atom. The molecule has 0 radical (unpaired) electrons. The molecule has 2 rings (SSSR count). The summed E-state index contributed by atoms with van der Waals surface area (Å²) in [5, 5.41) is 4.80. The molecular formula is C16H22N4O. The smallest absolute Gasteiger partial charge is 0.270 e. The van der Waals surface area contributed by atoms with E-state index in [1.54, 1.807) is 6.07 Å². The van der Waals surface area contributed by atoms with Crippen LogP contribution in [0.4, 0.5) is 5.82 Å². The third-order valence-corrected chi connectivity index (χ3v) is 3.76. The Morgan fingerprint density at radius 3 is 2.57 bits per heavy atom. The Bertz CT molecular complexity index is 661. The molecule has 2 aromatic rings. The van der Waals surface area contributed by atoms with Gasteiger partial charge in [-0.2, -0.15) is 0 Å². The molecule has 0 aliphatic carbocycles. The highest BCUT2D eigenvalue weighted by Crippen LogP contribution is 2.23. The van der Waals surface area contributed by atoms with Crippen LogP contribution in [0, 0.1) is 5.41 Å². The molecule has 112 valence electrons. The number of anilines is 1. The third-order valence-electron chi connectivity index (χ3n) is 3.76. The number of nitrogen functional groups attached to an aromatic ring is 1. The fraction of sp³-hybridized carbons (Fsp3) is 0.375. The number of rotatable bonds is 3.